The maximum absolute atomic E-state index is 10.6. The maximum atomic E-state index is 10.6. The molecule has 2 N–H and O–H groups in total. The normalized spacial score (nSPS) is 22.5. The number of nitrogens with one attached hydrogen (secondary N) is 1. The molecule has 0 spiro atoms. The number of hydrogen-bond donors (Lipinski definition) is 2. The van der Waals surface area contributed by atoms with Crippen molar-refractivity contribution in [3.8, 4) is 11.5 Å². The molecule has 2 aliphatic rings. The van der Waals surface area contributed by atoms with E-state index in [9.17, 15) is 5.11 Å². The van der Waals surface area contributed by atoms with E-state index >= 15 is 0 Å². The monoisotopic (exact) mass is 328 g/mol. The smallest absolute Gasteiger partial charge is 0.231 e. The zero-order chi connectivity index (χ0) is 16.5. The number of hydrogen-bond acceptors (Lipinski definition) is 7. The van der Waals surface area contributed by atoms with Gasteiger partial charge in [-0.2, -0.15) is 4.98 Å². The van der Waals surface area contributed by atoms with Crippen LogP contribution >= 0.6 is 0 Å². The van der Waals surface area contributed by atoms with Crippen LogP contribution in [0, 0.1) is 0 Å². The van der Waals surface area contributed by atoms with Crippen LogP contribution in [-0.4, -0.2) is 48.1 Å². The lowest BCUT2D eigenvalue weighted by molar-refractivity contribution is 0.129. The molecule has 24 heavy (non-hydrogen) atoms. The fraction of sp³-hybridized carbons (Fsp3) is 0.412. The summed E-state index contributed by atoms with van der Waals surface area (Å²) in [5.74, 6) is 3.01. The van der Waals surface area contributed by atoms with Crippen LogP contribution < -0.4 is 19.7 Å². The maximum Gasteiger partial charge on any atom is 0.231 e. The molecule has 4 rings (SSSR count). The Bertz CT molecular complexity index is 740. The van der Waals surface area contributed by atoms with Gasteiger partial charge in [-0.1, -0.05) is 6.07 Å². The molecule has 2 aliphatic heterocycles. The topological polar surface area (TPSA) is 79.7 Å². The van der Waals surface area contributed by atoms with Gasteiger partial charge in [-0.25, -0.2) is 4.98 Å². The predicted molar refractivity (Wildman–Crippen MR) is 89.7 cm³/mol. The molecule has 7 heteroatoms. The van der Waals surface area contributed by atoms with Crippen LogP contribution in [-0.2, 0) is 0 Å². The first-order valence-corrected chi connectivity index (χ1v) is 8.08. The number of aliphatic hydroxyl groups excluding tert-OH is 1. The van der Waals surface area contributed by atoms with Crippen molar-refractivity contribution in [3.05, 3.63) is 36.0 Å². The summed E-state index contributed by atoms with van der Waals surface area (Å²) in [6.07, 6.45) is 2.07. The lowest BCUT2D eigenvalue weighted by Gasteiger charge is -2.36. The molecule has 2 atom stereocenters. The second-order valence-corrected chi connectivity index (χ2v) is 6.01. The van der Waals surface area contributed by atoms with E-state index in [1.54, 1.807) is 6.20 Å². The van der Waals surface area contributed by atoms with Gasteiger partial charge in [0.1, 0.15) is 5.82 Å². The van der Waals surface area contributed by atoms with Crippen molar-refractivity contribution in [2.24, 2.45) is 0 Å². The first-order chi connectivity index (χ1) is 11.7. The summed E-state index contributed by atoms with van der Waals surface area (Å²) >= 11 is 0. The van der Waals surface area contributed by atoms with Crippen LogP contribution in [0.2, 0.25) is 0 Å². The zero-order valence-electron chi connectivity index (χ0n) is 13.5. The first-order valence-electron chi connectivity index (χ1n) is 8.08. The number of nitrogens with zero attached hydrogens (tertiary/aromatic N) is 3. The summed E-state index contributed by atoms with van der Waals surface area (Å²) in [4.78, 5) is 10.8. The summed E-state index contributed by atoms with van der Waals surface area (Å²) in [6.45, 7) is 1.56. The molecular weight excluding hydrogens is 308 g/mol. The molecule has 0 bridgehead atoms. The van der Waals surface area contributed by atoms with Gasteiger partial charge in [0.25, 0.3) is 0 Å². The molecule has 0 unspecified atom stereocenters. The molecule has 0 amide bonds. The minimum absolute atomic E-state index is 0.0724. The van der Waals surface area contributed by atoms with E-state index in [1.165, 1.54) is 0 Å². The van der Waals surface area contributed by atoms with Crippen molar-refractivity contribution in [2.45, 2.75) is 18.4 Å². The Balaban J connectivity index is 1.50. The van der Waals surface area contributed by atoms with Gasteiger partial charge in [-0.05, 0) is 30.2 Å². The molecule has 126 valence electrons. The van der Waals surface area contributed by atoms with E-state index in [0.29, 0.717) is 12.5 Å². The van der Waals surface area contributed by atoms with Crippen molar-refractivity contribution in [3.63, 3.8) is 0 Å². The summed E-state index contributed by atoms with van der Waals surface area (Å²) < 4.78 is 10.8. The number of benzene rings is 1. The first kappa shape index (κ1) is 15.0. The number of ether oxygens (including phenoxy) is 2. The quantitative estimate of drug-likeness (QED) is 0.886. The van der Waals surface area contributed by atoms with Crippen LogP contribution in [0.5, 0.6) is 11.5 Å². The Morgan fingerprint density at radius 1 is 1.25 bits per heavy atom. The predicted octanol–water partition coefficient (Wildman–Crippen LogP) is 1.60. The van der Waals surface area contributed by atoms with Crippen molar-refractivity contribution in [1.82, 2.24) is 9.97 Å². The number of β-amino-alcohol motifs (C(OH)–C–C–N with tert-alkyl or cyclic N) is 1. The Morgan fingerprint density at radius 2 is 2.12 bits per heavy atom. The Labute approximate surface area is 140 Å². The van der Waals surface area contributed by atoms with Crippen molar-refractivity contribution in [1.29, 1.82) is 0 Å². The van der Waals surface area contributed by atoms with E-state index in [2.05, 4.69) is 15.3 Å². The zero-order valence-corrected chi connectivity index (χ0v) is 13.5. The standard InChI is InChI=1S/C17H20N4O3/c1-18-16-4-6-19-17(20-16)21-7-5-12(13(22)9-21)11-2-3-14-15(8-11)24-10-23-14/h2-4,6,8,12-13,22H,5,7,9-10H2,1H3,(H,18,19,20)/t12-,13+/m1/s1. The van der Waals surface area contributed by atoms with E-state index in [4.69, 9.17) is 9.47 Å². The highest BCUT2D eigenvalue weighted by atomic mass is 16.7. The minimum atomic E-state index is -0.485. The van der Waals surface area contributed by atoms with Gasteiger partial charge >= 0.3 is 0 Å². The van der Waals surface area contributed by atoms with Gasteiger partial charge in [-0.15, -0.1) is 0 Å². The number of fused-ring (bicyclic) bond motifs is 1. The van der Waals surface area contributed by atoms with E-state index in [-0.39, 0.29) is 12.7 Å². The number of piperidine rings is 1. The van der Waals surface area contributed by atoms with Gasteiger partial charge in [0.15, 0.2) is 11.5 Å². The molecule has 0 saturated carbocycles. The lowest BCUT2D eigenvalue weighted by Crippen LogP contribution is -2.43. The number of rotatable bonds is 3. The highest BCUT2D eigenvalue weighted by Crippen LogP contribution is 2.37. The second-order valence-electron chi connectivity index (χ2n) is 6.01. The largest absolute Gasteiger partial charge is 0.454 e. The SMILES string of the molecule is CNc1ccnc(N2CC[C@H](c3ccc4c(c3)OCO4)[C@@H](O)C2)n1. The highest BCUT2D eigenvalue weighted by Gasteiger charge is 2.31. The van der Waals surface area contributed by atoms with Crippen LogP contribution in [0.3, 0.4) is 0 Å². The Kier molecular flexibility index (Phi) is 3.86. The molecule has 7 nitrogen and oxygen atoms in total. The van der Waals surface area contributed by atoms with Crippen molar-refractivity contribution >= 4 is 11.8 Å². The van der Waals surface area contributed by atoms with E-state index in [0.717, 1.165) is 35.8 Å². The lowest BCUT2D eigenvalue weighted by atomic mass is 9.87. The fourth-order valence-electron chi connectivity index (χ4n) is 3.29. The summed E-state index contributed by atoms with van der Waals surface area (Å²) in [5.41, 5.74) is 1.08. The van der Waals surface area contributed by atoms with Gasteiger partial charge in [-0.3, -0.25) is 0 Å². The third kappa shape index (κ3) is 2.71. The number of aromatic nitrogens is 2. The molecule has 3 heterocycles. The summed E-state index contributed by atoms with van der Waals surface area (Å²) in [5, 5.41) is 13.7. The molecule has 1 aromatic carbocycles. The fourth-order valence-corrected chi connectivity index (χ4v) is 3.29. The number of anilines is 2. The Hall–Kier alpha value is -2.54. The van der Waals surface area contributed by atoms with Gasteiger partial charge in [0.2, 0.25) is 12.7 Å². The van der Waals surface area contributed by atoms with Crippen LogP contribution in [0.1, 0.15) is 17.9 Å². The van der Waals surface area contributed by atoms with Crippen LogP contribution in [0.15, 0.2) is 30.5 Å². The van der Waals surface area contributed by atoms with Crippen LogP contribution in [0.4, 0.5) is 11.8 Å². The average Bonchev–Trinajstić information content (AvgIpc) is 3.09. The Morgan fingerprint density at radius 3 is 2.96 bits per heavy atom. The average molecular weight is 328 g/mol. The second kappa shape index (κ2) is 6.16. The molecule has 1 fully saturated rings. The molecular formula is C17H20N4O3. The van der Waals surface area contributed by atoms with Gasteiger partial charge in [0.05, 0.1) is 6.10 Å². The molecule has 1 aromatic heterocycles. The molecule has 0 radical (unpaired) electrons. The highest BCUT2D eigenvalue weighted by molar-refractivity contribution is 5.46. The van der Waals surface area contributed by atoms with E-state index in [1.807, 2.05) is 36.2 Å². The van der Waals surface area contributed by atoms with Crippen molar-refractivity contribution < 1.29 is 14.6 Å². The van der Waals surface area contributed by atoms with Crippen molar-refractivity contribution in [2.75, 3.05) is 37.1 Å². The number of aliphatic hydroxyl groups is 1. The third-order valence-corrected chi connectivity index (χ3v) is 4.59. The van der Waals surface area contributed by atoms with Crippen LogP contribution in [0.25, 0.3) is 0 Å². The van der Waals surface area contributed by atoms with E-state index < -0.39 is 6.10 Å². The molecule has 2 aromatic rings. The molecule has 1 saturated heterocycles. The minimum Gasteiger partial charge on any atom is -0.454 e. The molecule has 0 aliphatic carbocycles. The third-order valence-electron chi connectivity index (χ3n) is 4.59. The van der Waals surface area contributed by atoms with Gasteiger partial charge < -0.3 is 24.8 Å². The van der Waals surface area contributed by atoms with Gasteiger partial charge in [0, 0.05) is 32.3 Å². The summed E-state index contributed by atoms with van der Waals surface area (Å²) in [6, 6.07) is 7.72. The summed E-state index contributed by atoms with van der Waals surface area (Å²) in [7, 11) is 1.83.